The van der Waals surface area contributed by atoms with Gasteiger partial charge in [0, 0.05) is 31.7 Å². The van der Waals surface area contributed by atoms with Gasteiger partial charge in [0.05, 0.1) is 6.10 Å². The van der Waals surface area contributed by atoms with Gasteiger partial charge in [-0.2, -0.15) is 0 Å². The summed E-state index contributed by atoms with van der Waals surface area (Å²) in [4.78, 5) is 25.6. The standard InChI is InChI=1S/C20H20FNO5/c1-26-17-10-18(20(24)25)22(11-17)19(23)14-5-2-4-13(8-14)12-27-16-7-3-6-15(21)9-16/h2-9,17-18H,10-12H2,1H3,(H,24,25). The predicted molar refractivity (Wildman–Crippen MR) is 95.0 cm³/mol. The molecule has 1 aliphatic rings. The Hall–Kier alpha value is -2.93. The van der Waals surface area contributed by atoms with Crippen LogP contribution < -0.4 is 4.74 Å². The zero-order valence-electron chi connectivity index (χ0n) is 14.8. The van der Waals surface area contributed by atoms with Gasteiger partial charge in [-0.3, -0.25) is 4.79 Å². The van der Waals surface area contributed by atoms with Crippen LogP contribution in [0, 0.1) is 5.82 Å². The first-order chi connectivity index (χ1) is 13.0. The SMILES string of the molecule is COC1CC(C(=O)O)N(C(=O)c2cccc(COc3cccc(F)c3)c2)C1. The lowest BCUT2D eigenvalue weighted by molar-refractivity contribution is -0.141. The van der Waals surface area contributed by atoms with E-state index in [4.69, 9.17) is 9.47 Å². The van der Waals surface area contributed by atoms with E-state index >= 15 is 0 Å². The molecule has 7 heteroatoms. The topological polar surface area (TPSA) is 76.1 Å². The van der Waals surface area contributed by atoms with E-state index in [1.54, 1.807) is 36.4 Å². The number of aliphatic carboxylic acids is 1. The van der Waals surface area contributed by atoms with E-state index in [0.29, 0.717) is 11.3 Å². The first-order valence-corrected chi connectivity index (χ1v) is 8.52. The quantitative estimate of drug-likeness (QED) is 0.843. The summed E-state index contributed by atoms with van der Waals surface area (Å²) in [6.45, 7) is 0.393. The van der Waals surface area contributed by atoms with Crippen LogP contribution in [-0.4, -0.2) is 47.7 Å². The maximum Gasteiger partial charge on any atom is 0.326 e. The minimum Gasteiger partial charge on any atom is -0.489 e. The molecule has 0 aliphatic carbocycles. The van der Waals surface area contributed by atoms with Gasteiger partial charge >= 0.3 is 5.97 Å². The molecule has 3 rings (SSSR count). The number of carbonyl (C=O) groups is 2. The molecule has 0 radical (unpaired) electrons. The minimum absolute atomic E-state index is 0.160. The molecule has 1 saturated heterocycles. The van der Waals surface area contributed by atoms with Gasteiger partial charge in [0.2, 0.25) is 0 Å². The molecular formula is C20H20FNO5. The second kappa shape index (κ2) is 8.18. The molecule has 1 fully saturated rings. The number of rotatable bonds is 6. The second-order valence-electron chi connectivity index (χ2n) is 6.35. The highest BCUT2D eigenvalue weighted by molar-refractivity contribution is 5.97. The van der Waals surface area contributed by atoms with Crippen molar-refractivity contribution in [3.8, 4) is 5.75 Å². The molecule has 2 atom stereocenters. The van der Waals surface area contributed by atoms with E-state index in [0.717, 1.165) is 5.56 Å². The van der Waals surface area contributed by atoms with Crippen LogP contribution >= 0.6 is 0 Å². The molecule has 0 saturated carbocycles. The molecule has 6 nitrogen and oxygen atoms in total. The van der Waals surface area contributed by atoms with Gasteiger partial charge < -0.3 is 19.5 Å². The Kier molecular flexibility index (Phi) is 5.71. The molecule has 1 N–H and O–H groups in total. The lowest BCUT2D eigenvalue weighted by Crippen LogP contribution is -2.40. The fraction of sp³-hybridized carbons (Fsp3) is 0.300. The summed E-state index contributed by atoms with van der Waals surface area (Å²) in [6, 6.07) is 11.7. The van der Waals surface area contributed by atoms with Crippen LogP contribution in [-0.2, 0) is 16.1 Å². The number of halogens is 1. The minimum atomic E-state index is -1.05. The number of benzene rings is 2. The smallest absolute Gasteiger partial charge is 0.326 e. The van der Waals surface area contributed by atoms with Crippen molar-refractivity contribution in [2.45, 2.75) is 25.2 Å². The van der Waals surface area contributed by atoms with Gasteiger partial charge in [0.1, 0.15) is 24.2 Å². The predicted octanol–water partition coefficient (Wildman–Crippen LogP) is 2.72. The van der Waals surface area contributed by atoms with Crippen LogP contribution in [0.15, 0.2) is 48.5 Å². The fourth-order valence-corrected chi connectivity index (χ4v) is 3.11. The van der Waals surface area contributed by atoms with Crippen molar-refractivity contribution in [2.24, 2.45) is 0 Å². The number of hydrogen-bond donors (Lipinski definition) is 1. The summed E-state index contributed by atoms with van der Waals surface area (Å²) in [5.74, 6) is -1.42. The Bertz CT molecular complexity index is 841. The molecule has 1 amide bonds. The first kappa shape index (κ1) is 18.8. The molecule has 0 aromatic heterocycles. The largest absolute Gasteiger partial charge is 0.489 e. The zero-order chi connectivity index (χ0) is 19.4. The van der Waals surface area contributed by atoms with Crippen LogP contribution in [0.25, 0.3) is 0 Å². The molecule has 0 bridgehead atoms. The third kappa shape index (κ3) is 4.43. The average Bonchev–Trinajstić information content (AvgIpc) is 3.11. The highest BCUT2D eigenvalue weighted by atomic mass is 19.1. The van der Waals surface area contributed by atoms with Gasteiger partial charge in [-0.15, -0.1) is 0 Å². The zero-order valence-corrected chi connectivity index (χ0v) is 14.8. The highest BCUT2D eigenvalue weighted by Gasteiger charge is 2.40. The van der Waals surface area contributed by atoms with Crippen molar-refractivity contribution in [1.29, 1.82) is 0 Å². The summed E-state index contributed by atoms with van der Waals surface area (Å²) in [5.41, 5.74) is 1.10. The second-order valence-corrected chi connectivity index (χ2v) is 6.35. The van der Waals surface area contributed by atoms with E-state index in [1.807, 2.05) is 0 Å². The molecule has 0 spiro atoms. The Morgan fingerprint density at radius 1 is 1.22 bits per heavy atom. The first-order valence-electron chi connectivity index (χ1n) is 8.52. The Balaban J connectivity index is 1.72. The van der Waals surface area contributed by atoms with Gasteiger partial charge in [0.25, 0.3) is 5.91 Å². The number of carboxylic acids is 1. The monoisotopic (exact) mass is 373 g/mol. The Morgan fingerprint density at radius 2 is 2.00 bits per heavy atom. The lowest BCUT2D eigenvalue weighted by atomic mass is 10.1. The van der Waals surface area contributed by atoms with E-state index in [1.165, 1.54) is 24.1 Å². The van der Waals surface area contributed by atoms with Crippen molar-refractivity contribution in [1.82, 2.24) is 4.90 Å². The van der Waals surface area contributed by atoms with Crippen molar-refractivity contribution >= 4 is 11.9 Å². The van der Waals surface area contributed by atoms with E-state index < -0.39 is 17.8 Å². The normalized spacial score (nSPS) is 19.1. The van der Waals surface area contributed by atoms with Crippen LogP contribution in [0.2, 0.25) is 0 Å². The molecule has 1 aliphatic heterocycles. The lowest BCUT2D eigenvalue weighted by Gasteiger charge is -2.21. The molecule has 2 unspecified atom stereocenters. The molecule has 1 heterocycles. The van der Waals surface area contributed by atoms with Gasteiger partial charge in [0.15, 0.2) is 0 Å². The van der Waals surface area contributed by atoms with Crippen LogP contribution in [0.4, 0.5) is 4.39 Å². The maximum absolute atomic E-state index is 13.2. The maximum atomic E-state index is 13.2. The van der Waals surface area contributed by atoms with Crippen molar-refractivity contribution in [3.05, 3.63) is 65.5 Å². The third-order valence-electron chi connectivity index (χ3n) is 4.52. The van der Waals surface area contributed by atoms with Gasteiger partial charge in [-0.05, 0) is 29.8 Å². The molecule has 2 aromatic rings. The molecule has 142 valence electrons. The number of nitrogens with zero attached hydrogens (tertiary/aromatic N) is 1. The number of ether oxygens (including phenoxy) is 2. The Morgan fingerprint density at radius 3 is 2.70 bits per heavy atom. The summed E-state index contributed by atoms with van der Waals surface area (Å²) in [7, 11) is 1.50. The summed E-state index contributed by atoms with van der Waals surface area (Å²) < 4.78 is 24.0. The number of hydrogen-bond acceptors (Lipinski definition) is 4. The summed E-state index contributed by atoms with van der Waals surface area (Å²) >= 11 is 0. The van der Waals surface area contributed by atoms with Crippen LogP contribution in [0.5, 0.6) is 5.75 Å². The molecule has 27 heavy (non-hydrogen) atoms. The van der Waals surface area contributed by atoms with Gasteiger partial charge in [-0.25, -0.2) is 9.18 Å². The number of carbonyl (C=O) groups excluding carboxylic acids is 1. The van der Waals surface area contributed by atoms with E-state index in [2.05, 4.69) is 0 Å². The van der Waals surface area contributed by atoms with Crippen molar-refractivity contribution in [3.63, 3.8) is 0 Å². The molecule has 2 aromatic carbocycles. The van der Waals surface area contributed by atoms with Crippen LogP contribution in [0.3, 0.4) is 0 Å². The number of likely N-dealkylation sites (tertiary alicyclic amines) is 1. The fourth-order valence-electron chi connectivity index (χ4n) is 3.11. The van der Waals surface area contributed by atoms with E-state index in [9.17, 15) is 19.1 Å². The van der Waals surface area contributed by atoms with Crippen LogP contribution in [0.1, 0.15) is 22.3 Å². The van der Waals surface area contributed by atoms with Crippen molar-refractivity contribution < 1.29 is 28.6 Å². The van der Waals surface area contributed by atoms with Crippen molar-refractivity contribution in [2.75, 3.05) is 13.7 Å². The summed E-state index contributed by atoms with van der Waals surface area (Å²) in [5, 5.41) is 9.38. The number of carboxylic acid groups (broad SMARTS) is 1. The number of methoxy groups -OCH3 is 1. The third-order valence-corrected chi connectivity index (χ3v) is 4.52. The van der Waals surface area contributed by atoms with E-state index in [-0.39, 0.29) is 31.6 Å². The summed E-state index contributed by atoms with van der Waals surface area (Å²) in [6.07, 6.45) is -0.0329. The Labute approximate surface area is 156 Å². The number of amides is 1. The van der Waals surface area contributed by atoms with Gasteiger partial charge in [-0.1, -0.05) is 18.2 Å². The highest BCUT2D eigenvalue weighted by Crippen LogP contribution is 2.23. The molecular weight excluding hydrogens is 353 g/mol. The average molecular weight is 373 g/mol.